The molecule has 0 atom stereocenters. The lowest BCUT2D eigenvalue weighted by molar-refractivity contribution is 0.423. The summed E-state index contributed by atoms with van der Waals surface area (Å²) in [6, 6.07) is 0. The molecule has 86 valence electrons. The quantitative estimate of drug-likeness (QED) is 0.776. The highest BCUT2D eigenvalue weighted by Crippen LogP contribution is 2.32. The summed E-state index contributed by atoms with van der Waals surface area (Å²) < 4.78 is 1.89. The highest BCUT2D eigenvalue weighted by atomic mass is 35.5. The predicted molar refractivity (Wildman–Crippen MR) is 64.0 cm³/mol. The molecule has 0 aliphatic heterocycles. The molecule has 0 bridgehead atoms. The molecule has 6 heteroatoms. The van der Waals surface area contributed by atoms with Crippen molar-refractivity contribution in [1.82, 2.24) is 19.8 Å². The van der Waals surface area contributed by atoms with Crippen LogP contribution < -0.4 is 0 Å². The molecule has 0 N–H and O–H groups in total. The molecule has 1 aliphatic carbocycles. The zero-order chi connectivity index (χ0) is 11.0. The van der Waals surface area contributed by atoms with Crippen molar-refractivity contribution in [3.8, 4) is 0 Å². The average Bonchev–Trinajstić information content (AvgIpc) is 2.88. The number of fused-ring (bicyclic) bond motifs is 1. The predicted octanol–water partition coefficient (Wildman–Crippen LogP) is 2.97. The van der Waals surface area contributed by atoms with Gasteiger partial charge in [-0.2, -0.15) is 9.61 Å². The first kappa shape index (κ1) is 10.5. The molecule has 2 aromatic rings. The van der Waals surface area contributed by atoms with E-state index in [1.54, 1.807) is 0 Å². The van der Waals surface area contributed by atoms with E-state index in [-0.39, 0.29) is 0 Å². The van der Waals surface area contributed by atoms with E-state index in [1.807, 2.05) is 4.52 Å². The van der Waals surface area contributed by atoms with Crippen molar-refractivity contribution in [3.63, 3.8) is 0 Å². The van der Waals surface area contributed by atoms with Gasteiger partial charge in [0.05, 0.1) is 5.88 Å². The Morgan fingerprint density at radius 2 is 2.06 bits per heavy atom. The molecule has 2 aromatic heterocycles. The average molecular weight is 257 g/mol. The first-order chi connectivity index (χ1) is 7.88. The highest BCUT2D eigenvalue weighted by molar-refractivity contribution is 7.16. The van der Waals surface area contributed by atoms with Gasteiger partial charge in [0.1, 0.15) is 5.01 Å². The minimum absolute atomic E-state index is 0.456. The molecule has 2 heterocycles. The number of halogens is 1. The molecule has 0 spiro atoms. The number of hydrogen-bond donors (Lipinski definition) is 0. The minimum atomic E-state index is 0.456. The maximum atomic E-state index is 5.78. The standard InChI is InChI=1S/C10H13ClN4S/c11-6-8-14-15-9(12-13-10(15)16-8)7-4-2-1-3-5-7/h7H,1-6H2. The van der Waals surface area contributed by atoms with Gasteiger partial charge in [-0.1, -0.05) is 30.6 Å². The second kappa shape index (κ2) is 4.30. The lowest BCUT2D eigenvalue weighted by atomic mass is 9.89. The van der Waals surface area contributed by atoms with Gasteiger partial charge >= 0.3 is 0 Å². The second-order valence-corrected chi connectivity index (χ2v) is 5.52. The molecule has 4 nitrogen and oxygen atoms in total. The normalized spacial score (nSPS) is 18.3. The molecule has 1 fully saturated rings. The molecule has 0 unspecified atom stereocenters. The zero-order valence-corrected chi connectivity index (χ0v) is 10.5. The molecule has 0 aromatic carbocycles. The summed E-state index contributed by atoms with van der Waals surface area (Å²) in [5.41, 5.74) is 0. The van der Waals surface area contributed by atoms with E-state index in [0.717, 1.165) is 15.8 Å². The largest absolute Gasteiger partial charge is 0.234 e. The Bertz CT molecular complexity index is 486. The Labute approximate surface area is 103 Å². The Balaban J connectivity index is 1.98. The second-order valence-electron chi connectivity index (χ2n) is 4.22. The Morgan fingerprint density at radius 1 is 1.25 bits per heavy atom. The van der Waals surface area contributed by atoms with Crippen molar-refractivity contribution in [2.24, 2.45) is 0 Å². The molecule has 0 radical (unpaired) electrons. The van der Waals surface area contributed by atoms with Crippen LogP contribution in [0.25, 0.3) is 4.96 Å². The summed E-state index contributed by atoms with van der Waals surface area (Å²) in [5, 5.41) is 13.8. The Hall–Kier alpha value is -0.680. The van der Waals surface area contributed by atoms with Crippen LogP contribution in [0, 0.1) is 0 Å². The third-order valence-electron chi connectivity index (χ3n) is 3.14. The molecule has 3 rings (SSSR count). The van der Waals surface area contributed by atoms with Crippen LogP contribution in [0.15, 0.2) is 0 Å². The fraction of sp³-hybridized carbons (Fsp3) is 0.700. The van der Waals surface area contributed by atoms with E-state index in [0.29, 0.717) is 11.8 Å². The SMILES string of the molecule is ClCc1nn2c(C3CCCCC3)nnc2s1. The molecule has 1 aliphatic rings. The third-order valence-corrected chi connectivity index (χ3v) is 4.45. The number of aromatic nitrogens is 4. The molecule has 0 amide bonds. The molecule has 16 heavy (non-hydrogen) atoms. The van der Waals surface area contributed by atoms with Gasteiger partial charge < -0.3 is 0 Å². The van der Waals surface area contributed by atoms with Crippen LogP contribution in [0.1, 0.15) is 48.9 Å². The molecule has 1 saturated carbocycles. The fourth-order valence-corrected chi connectivity index (χ4v) is 3.25. The van der Waals surface area contributed by atoms with Gasteiger partial charge in [-0.15, -0.1) is 21.8 Å². The van der Waals surface area contributed by atoms with E-state index >= 15 is 0 Å². The van der Waals surface area contributed by atoms with Gasteiger partial charge in [-0.05, 0) is 12.8 Å². The summed E-state index contributed by atoms with van der Waals surface area (Å²) in [5.74, 6) is 2.02. The van der Waals surface area contributed by atoms with Crippen molar-refractivity contribution in [3.05, 3.63) is 10.8 Å². The first-order valence-corrected chi connectivity index (χ1v) is 7.00. The van der Waals surface area contributed by atoms with Crippen LogP contribution in [-0.4, -0.2) is 19.8 Å². The highest BCUT2D eigenvalue weighted by Gasteiger charge is 2.22. The van der Waals surface area contributed by atoms with Crippen LogP contribution in [0.2, 0.25) is 0 Å². The van der Waals surface area contributed by atoms with Crippen molar-refractivity contribution in [2.45, 2.75) is 43.9 Å². The van der Waals surface area contributed by atoms with Crippen LogP contribution in [0.3, 0.4) is 0 Å². The van der Waals surface area contributed by atoms with Crippen molar-refractivity contribution >= 4 is 27.9 Å². The van der Waals surface area contributed by atoms with Gasteiger partial charge in [-0.25, -0.2) is 0 Å². The molecular weight excluding hydrogens is 244 g/mol. The lowest BCUT2D eigenvalue weighted by Gasteiger charge is -2.18. The number of rotatable bonds is 2. The maximum Gasteiger partial charge on any atom is 0.234 e. The van der Waals surface area contributed by atoms with Crippen molar-refractivity contribution in [2.75, 3.05) is 0 Å². The van der Waals surface area contributed by atoms with E-state index in [9.17, 15) is 0 Å². The van der Waals surface area contributed by atoms with Crippen LogP contribution in [-0.2, 0) is 5.88 Å². The third kappa shape index (κ3) is 1.72. The van der Waals surface area contributed by atoms with Gasteiger partial charge in [0.2, 0.25) is 4.96 Å². The summed E-state index contributed by atoms with van der Waals surface area (Å²) in [7, 11) is 0. The fourth-order valence-electron chi connectivity index (χ4n) is 2.34. The minimum Gasteiger partial charge on any atom is -0.187 e. The maximum absolute atomic E-state index is 5.78. The number of hydrogen-bond acceptors (Lipinski definition) is 4. The summed E-state index contributed by atoms with van der Waals surface area (Å²) in [6.07, 6.45) is 6.38. The molecular formula is C10H13ClN4S. The van der Waals surface area contributed by atoms with Crippen molar-refractivity contribution in [1.29, 1.82) is 0 Å². The van der Waals surface area contributed by atoms with E-state index in [4.69, 9.17) is 11.6 Å². The topological polar surface area (TPSA) is 43.1 Å². The van der Waals surface area contributed by atoms with Crippen molar-refractivity contribution < 1.29 is 0 Å². The number of nitrogens with zero attached hydrogens (tertiary/aromatic N) is 4. The van der Waals surface area contributed by atoms with Gasteiger partial charge in [-0.3, -0.25) is 0 Å². The van der Waals surface area contributed by atoms with Gasteiger partial charge in [0.15, 0.2) is 5.82 Å². The van der Waals surface area contributed by atoms with Crippen LogP contribution >= 0.6 is 22.9 Å². The van der Waals surface area contributed by atoms with Gasteiger partial charge in [0.25, 0.3) is 0 Å². The van der Waals surface area contributed by atoms with Gasteiger partial charge in [0, 0.05) is 5.92 Å². The Kier molecular flexibility index (Phi) is 2.81. The molecule has 0 saturated heterocycles. The zero-order valence-electron chi connectivity index (χ0n) is 8.90. The van der Waals surface area contributed by atoms with E-state index in [1.165, 1.54) is 43.4 Å². The van der Waals surface area contributed by atoms with E-state index < -0.39 is 0 Å². The number of alkyl halides is 1. The summed E-state index contributed by atoms with van der Waals surface area (Å²) >= 11 is 7.31. The summed E-state index contributed by atoms with van der Waals surface area (Å²) in [6.45, 7) is 0. The van der Waals surface area contributed by atoms with Crippen LogP contribution in [0.5, 0.6) is 0 Å². The monoisotopic (exact) mass is 256 g/mol. The smallest absolute Gasteiger partial charge is 0.187 e. The lowest BCUT2D eigenvalue weighted by Crippen LogP contribution is -2.09. The Morgan fingerprint density at radius 3 is 2.81 bits per heavy atom. The van der Waals surface area contributed by atoms with Crippen LogP contribution in [0.4, 0.5) is 0 Å². The summed E-state index contributed by atoms with van der Waals surface area (Å²) in [4.78, 5) is 0.872. The first-order valence-electron chi connectivity index (χ1n) is 5.65. The van der Waals surface area contributed by atoms with E-state index in [2.05, 4.69) is 15.3 Å².